The van der Waals surface area contributed by atoms with E-state index < -0.39 is 0 Å². The van der Waals surface area contributed by atoms with Crippen molar-refractivity contribution in [2.24, 2.45) is 0 Å². The largest absolute Gasteiger partial charge is 0.497 e. The van der Waals surface area contributed by atoms with Gasteiger partial charge in [-0.15, -0.1) is 0 Å². The van der Waals surface area contributed by atoms with Gasteiger partial charge in [-0.25, -0.2) is 0 Å². The number of hydrogen-bond acceptors (Lipinski definition) is 5. The summed E-state index contributed by atoms with van der Waals surface area (Å²) in [7, 11) is 1.60. The highest BCUT2D eigenvalue weighted by Crippen LogP contribution is 2.34. The number of carbonyl (C=O) groups excluding carboxylic acids is 2. The van der Waals surface area contributed by atoms with Crippen molar-refractivity contribution in [3.63, 3.8) is 0 Å². The van der Waals surface area contributed by atoms with Crippen LogP contribution in [-0.2, 0) is 16.0 Å². The minimum atomic E-state index is -0.143. The van der Waals surface area contributed by atoms with Crippen molar-refractivity contribution >= 4 is 23.2 Å². The van der Waals surface area contributed by atoms with E-state index in [1.807, 2.05) is 55.5 Å². The fraction of sp³-hybridized carbons (Fsp3) is 0.231. The van der Waals surface area contributed by atoms with Gasteiger partial charge in [0.2, 0.25) is 5.91 Å². The number of rotatable bonds is 8. The highest BCUT2D eigenvalue weighted by molar-refractivity contribution is 5.99. The maximum absolute atomic E-state index is 12.5. The Morgan fingerprint density at radius 1 is 1.03 bits per heavy atom. The number of ether oxygens (including phenoxy) is 3. The number of amides is 2. The van der Waals surface area contributed by atoms with Gasteiger partial charge in [0.05, 0.1) is 25.8 Å². The number of nitrogens with zero attached hydrogens (tertiary/aromatic N) is 1. The van der Waals surface area contributed by atoms with Gasteiger partial charge in [0, 0.05) is 11.8 Å². The third-order valence-electron chi connectivity index (χ3n) is 5.31. The van der Waals surface area contributed by atoms with E-state index in [9.17, 15) is 9.59 Å². The minimum absolute atomic E-state index is 0.0548. The van der Waals surface area contributed by atoms with Gasteiger partial charge in [-0.3, -0.25) is 9.59 Å². The SMILES string of the molecule is COc1ccc(CC(=O)Nc2ccc3c(c2)OCC(=O)N3CCOc2ccc(C)cc2)cc1. The number of anilines is 2. The number of aryl methyl sites for hydroxylation is 1. The first-order valence-electron chi connectivity index (χ1n) is 10.7. The van der Waals surface area contributed by atoms with Crippen LogP contribution in [-0.4, -0.2) is 38.7 Å². The third-order valence-corrected chi connectivity index (χ3v) is 5.31. The zero-order chi connectivity index (χ0) is 23.2. The fourth-order valence-electron chi connectivity index (χ4n) is 3.55. The van der Waals surface area contributed by atoms with Gasteiger partial charge in [-0.2, -0.15) is 0 Å². The van der Waals surface area contributed by atoms with Crippen molar-refractivity contribution in [3.05, 3.63) is 77.9 Å². The summed E-state index contributed by atoms with van der Waals surface area (Å²) in [4.78, 5) is 26.5. The Morgan fingerprint density at radius 2 is 1.76 bits per heavy atom. The molecule has 0 unspecified atom stereocenters. The molecule has 7 nitrogen and oxygen atoms in total. The number of nitrogens with one attached hydrogen (secondary N) is 1. The van der Waals surface area contributed by atoms with Crippen molar-refractivity contribution in [3.8, 4) is 17.2 Å². The van der Waals surface area contributed by atoms with E-state index in [0.717, 1.165) is 22.6 Å². The molecular formula is C26H26N2O5. The average molecular weight is 447 g/mol. The van der Waals surface area contributed by atoms with Gasteiger partial charge < -0.3 is 24.4 Å². The fourth-order valence-corrected chi connectivity index (χ4v) is 3.55. The van der Waals surface area contributed by atoms with Crippen LogP contribution >= 0.6 is 0 Å². The van der Waals surface area contributed by atoms with E-state index in [4.69, 9.17) is 14.2 Å². The Bertz CT molecular complexity index is 1130. The van der Waals surface area contributed by atoms with E-state index in [-0.39, 0.29) is 24.8 Å². The Labute approximate surface area is 192 Å². The van der Waals surface area contributed by atoms with Crippen LogP contribution in [0.2, 0.25) is 0 Å². The van der Waals surface area contributed by atoms with Crippen molar-refractivity contribution in [1.82, 2.24) is 0 Å². The summed E-state index contributed by atoms with van der Waals surface area (Å²) in [5, 5.41) is 2.89. The molecule has 0 aromatic heterocycles. The first-order chi connectivity index (χ1) is 16.0. The van der Waals surface area contributed by atoms with Crippen LogP contribution in [0.5, 0.6) is 17.2 Å². The van der Waals surface area contributed by atoms with Crippen LogP contribution in [0.3, 0.4) is 0 Å². The van der Waals surface area contributed by atoms with E-state index in [2.05, 4.69) is 5.32 Å². The zero-order valence-corrected chi connectivity index (χ0v) is 18.7. The maximum atomic E-state index is 12.5. The molecule has 3 aromatic carbocycles. The predicted octanol–water partition coefficient (Wildman–Crippen LogP) is 3.99. The average Bonchev–Trinajstić information content (AvgIpc) is 2.82. The molecule has 0 fully saturated rings. The monoisotopic (exact) mass is 446 g/mol. The maximum Gasteiger partial charge on any atom is 0.265 e. The van der Waals surface area contributed by atoms with Crippen LogP contribution in [0.4, 0.5) is 11.4 Å². The van der Waals surface area contributed by atoms with E-state index >= 15 is 0 Å². The molecule has 0 bridgehead atoms. The van der Waals surface area contributed by atoms with Crippen molar-refractivity contribution in [1.29, 1.82) is 0 Å². The van der Waals surface area contributed by atoms with Gasteiger partial charge in [0.1, 0.15) is 23.9 Å². The van der Waals surface area contributed by atoms with Crippen molar-refractivity contribution in [2.45, 2.75) is 13.3 Å². The summed E-state index contributed by atoms with van der Waals surface area (Å²) >= 11 is 0. The van der Waals surface area contributed by atoms with Gasteiger partial charge in [-0.1, -0.05) is 29.8 Å². The second-order valence-electron chi connectivity index (χ2n) is 7.75. The van der Waals surface area contributed by atoms with Crippen molar-refractivity contribution < 1.29 is 23.8 Å². The van der Waals surface area contributed by atoms with Crippen LogP contribution < -0.4 is 24.4 Å². The lowest BCUT2D eigenvalue weighted by molar-refractivity contribution is -0.121. The van der Waals surface area contributed by atoms with Gasteiger partial charge in [-0.05, 0) is 48.9 Å². The van der Waals surface area contributed by atoms with Gasteiger partial charge in [0.25, 0.3) is 5.91 Å². The molecule has 0 saturated heterocycles. The predicted molar refractivity (Wildman–Crippen MR) is 126 cm³/mol. The number of carbonyl (C=O) groups is 2. The molecule has 170 valence electrons. The Balaban J connectivity index is 1.37. The van der Waals surface area contributed by atoms with Crippen LogP contribution in [0, 0.1) is 6.92 Å². The lowest BCUT2D eigenvalue weighted by atomic mass is 10.1. The smallest absolute Gasteiger partial charge is 0.265 e. The first kappa shape index (κ1) is 22.2. The summed E-state index contributed by atoms with van der Waals surface area (Å²) in [6.07, 6.45) is 0.239. The summed E-state index contributed by atoms with van der Waals surface area (Å²) in [6, 6.07) is 20.4. The Morgan fingerprint density at radius 3 is 2.48 bits per heavy atom. The Hall–Kier alpha value is -4.00. The second-order valence-corrected chi connectivity index (χ2v) is 7.75. The number of fused-ring (bicyclic) bond motifs is 1. The van der Waals surface area contributed by atoms with Gasteiger partial charge >= 0.3 is 0 Å². The van der Waals surface area contributed by atoms with Crippen molar-refractivity contribution in [2.75, 3.05) is 37.1 Å². The van der Waals surface area contributed by atoms with Crippen LogP contribution in [0.25, 0.3) is 0 Å². The highest BCUT2D eigenvalue weighted by Gasteiger charge is 2.25. The third kappa shape index (κ3) is 5.63. The summed E-state index contributed by atoms with van der Waals surface area (Å²) in [5.41, 5.74) is 3.31. The van der Waals surface area contributed by atoms with E-state index in [1.54, 1.807) is 30.2 Å². The molecule has 0 atom stereocenters. The van der Waals surface area contributed by atoms with Gasteiger partial charge in [0.15, 0.2) is 6.61 Å². The number of hydrogen-bond donors (Lipinski definition) is 1. The Kier molecular flexibility index (Phi) is 6.78. The molecule has 1 heterocycles. The van der Waals surface area contributed by atoms with E-state index in [1.165, 1.54) is 0 Å². The summed E-state index contributed by atoms with van der Waals surface area (Å²) in [5.74, 6) is 1.78. The standard InChI is InChI=1S/C26H26N2O5/c1-18-3-8-22(9-4-18)32-14-13-28-23-12-7-20(16-24(23)33-17-26(28)30)27-25(29)15-19-5-10-21(31-2)11-6-19/h3-12,16H,13-15,17H2,1-2H3,(H,27,29). The highest BCUT2D eigenvalue weighted by atomic mass is 16.5. The normalized spacial score (nSPS) is 12.5. The molecule has 0 aliphatic carbocycles. The topological polar surface area (TPSA) is 77.1 Å². The van der Waals surface area contributed by atoms with E-state index in [0.29, 0.717) is 30.3 Å². The molecule has 1 aliphatic rings. The molecular weight excluding hydrogens is 420 g/mol. The molecule has 1 N–H and O–H groups in total. The number of benzene rings is 3. The molecule has 0 radical (unpaired) electrons. The van der Waals surface area contributed by atoms with Crippen LogP contribution in [0.1, 0.15) is 11.1 Å². The first-order valence-corrected chi connectivity index (χ1v) is 10.7. The molecule has 7 heteroatoms. The minimum Gasteiger partial charge on any atom is -0.497 e. The molecule has 3 aromatic rings. The lowest BCUT2D eigenvalue weighted by Gasteiger charge is -2.29. The number of methoxy groups -OCH3 is 1. The molecule has 0 spiro atoms. The summed E-state index contributed by atoms with van der Waals surface area (Å²) in [6.45, 7) is 2.71. The lowest BCUT2D eigenvalue weighted by Crippen LogP contribution is -2.41. The molecule has 4 rings (SSSR count). The molecule has 1 aliphatic heterocycles. The molecule has 33 heavy (non-hydrogen) atoms. The quantitative estimate of drug-likeness (QED) is 0.566. The molecule has 0 saturated carbocycles. The molecule has 2 amide bonds. The van der Waals surface area contributed by atoms with Crippen LogP contribution in [0.15, 0.2) is 66.7 Å². The second kappa shape index (κ2) is 10.1. The zero-order valence-electron chi connectivity index (χ0n) is 18.7. The summed E-state index contributed by atoms with van der Waals surface area (Å²) < 4.78 is 16.5.